The normalized spacial score (nSPS) is 10.8. The summed E-state index contributed by atoms with van der Waals surface area (Å²) in [5.41, 5.74) is 2.54. The van der Waals surface area contributed by atoms with E-state index in [1.165, 1.54) is 6.07 Å². The topological polar surface area (TPSA) is 68.5 Å². The lowest BCUT2D eigenvalue weighted by Crippen LogP contribution is -2.20. The summed E-state index contributed by atoms with van der Waals surface area (Å²) >= 11 is 6.11. The van der Waals surface area contributed by atoms with E-state index in [2.05, 4.69) is 12.2 Å². The van der Waals surface area contributed by atoms with E-state index in [0.717, 1.165) is 29.4 Å². The lowest BCUT2D eigenvalue weighted by Gasteiger charge is -2.10. The van der Waals surface area contributed by atoms with Gasteiger partial charge in [-0.25, -0.2) is 4.79 Å². The third kappa shape index (κ3) is 4.68. The van der Waals surface area contributed by atoms with E-state index in [4.69, 9.17) is 20.8 Å². The van der Waals surface area contributed by atoms with Crippen molar-refractivity contribution >= 4 is 34.2 Å². The molecule has 140 valence electrons. The summed E-state index contributed by atoms with van der Waals surface area (Å²) in [6.07, 6.45) is 1.72. The first-order chi connectivity index (χ1) is 13.0. The summed E-state index contributed by atoms with van der Waals surface area (Å²) in [7, 11) is 0. The number of hydrogen-bond donors (Lipinski definition) is 1. The number of benzene rings is 2. The molecule has 0 spiro atoms. The third-order valence-corrected chi connectivity index (χ3v) is 4.40. The number of hydrogen-bond acceptors (Lipinski definition) is 4. The molecule has 5 nitrogen and oxygen atoms in total. The van der Waals surface area contributed by atoms with Crippen molar-refractivity contribution < 1.29 is 13.9 Å². The van der Waals surface area contributed by atoms with Crippen molar-refractivity contribution in [3.8, 4) is 5.75 Å². The van der Waals surface area contributed by atoms with Crippen LogP contribution in [0.4, 0.5) is 5.69 Å². The van der Waals surface area contributed by atoms with E-state index in [9.17, 15) is 9.59 Å². The molecule has 0 fully saturated rings. The maximum Gasteiger partial charge on any atom is 0.336 e. The Morgan fingerprint density at radius 2 is 2.00 bits per heavy atom. The number of carbonyl (C=O) groups is 1. The average molecular weight is 386 g/mol. The van der Waals surface area contributed by atoms with Gasteiger partial charge in [0.2, 0.25) is 0 Å². The smallest absolute Gasteiger partial charge is 0.336 e. The molecule has 1 aromatic heterocycles. The van der Waals surface area contributed by atoms with Crippen LogP contribution >= 0.6 is 11.6 Å². The Hall–Kier alpha value is -2.79. The number of aryl methyl sites for hydroxylation is 2. The molecule has 0 unspecified atom stereocenters. The Labute approximate surface area is 161 Å². The minimum Gasteiger partial charge on any atom is -0.484 e. The zero-order valence-corrected chi connectivity index (χ0v) is 15.9. The number of nitrogens with one attached hydrogen (secondary N) is 1. The molecule has 0 atom stereocenters. The van der Waals surface area contributed by atoms with Gasteiger partial charge in [0.1, 0.15) is 11.3 Å². The highest BCUT2D eigenvalue weighted by molar-refractivity contribution is 6.33. The van der Waals surface area contributed by atoms with Gasteiger partial charge in [0.15, 0.2) is 6.61 Å². The summed E-state index contributed by atoms with van der Waals surface area (Å²) in [6, 6.07) is 12.1. The average Bonchev–Trinajstić information content (AvgIpc) is 2.62. The van der Waals surface area contributed by atoms with Crippen LogP contribution in [-0.4, -0.2) is 12.5 Å². The van der Waals surface area contributed by atoms with Crippen LogP contribution in [0.15, 0.2) is 51.7 Å². The zero-order valence-electron chi connectivity index (χ0n) is 15.2. The maximum absolute atomic E-state index is 12.1. The fourth-order valence-electron chi connectivity index (χ4n) is 2.83. The van der Waals surface area contributed by atoms with Crippen LogP contribution < -0.4 is 15.7 Å². The quantitative estimate of drug-likeness (QED) is 0.623. The fourth-order valence-corrected chi connectivity index (χ4v) is 3.12. The Morgan fingerprint density at radius 1 is 1.19 bits per heavy atom. The highest BCUT2D eigenvalue weighted by Crippen LogP contribution is 2.24. The highest BCUT2D eigenvalue weighted by atomic mass is 35.5. The first-order valence-corrected chi connectivity index (χ1v) is 9.09. The molecule has 0 radical (unpaired) electrons. The second-order valence-electron chi connectivity index (χ2n) is 6.32. The largest absolute Gasteiger partial charge is 0.484 e. The number of amides is 1. The number of ether oxygens (including phenoxy) is 1. The van der Waals surface area contributed by atoms with Crippen molar-refractivity contribution in [1.82, 2.24) is 0 Å². The standard InChI is InChI=1S/C21H20ClNO4/c1-3-4-14-10-21(25)27-19-11-15(6-7-16(14)19)26-12-20(24)23-18-8-5-13(2)9-17(18)22/h5-11H,3-4,12H2,1-2H3,(H,23,24). The van der Waals surface area contributed by atoms with Crippen LogP contribution in [0.5, 0.6) is 5.75 Å². The predicted octanol–water partition coefficient (Wildman–Crippen LogP) is 4.72. The third-order valence-electron chi connectivity index (χ3n) is 4.09. The van der Waals surface area contributed by atoms with Gasteiger partial charge >= 0.3 is 5.63 Å². The Kier molecular flexibility index (Phi) is 5.81. The molecule has 6 heteroatoms. The minimum atomic E-state index is -0.394. The molecule has 3 aromatic rings. The van der Waals surface area contributed by atoms with Gasteiger partial charge < -0.3 is 14.5 Å². The van der Waals surface area contributed by atoms with E-state index < -0.39 is 5.63 Å². The molecule has 0 saturated carbocycles. The molecule has 2 aromatic carbocycles. The summed E-state index contributed by atoms with van der Waals surface area (Å²) in [6.45, 7) is 3.79. The lowest BCUT2D eigenvalue weighted by atomic mass is 10.1. The molecule has 0 saturated heterocycles. The molecule has 0 aliphatic carbocycles. The van der Waals surface area contributed by atoms with Crippen LogP contribution in [0.1, 0.15) is 24.5 Å². The summed E-state index contributed by atoms with van der Waals surface area (Å²) in [5, 5.41) is 4.06. The first kappa shape index (κ1) is 19.0. The van der Waals surface area contributed by atoms with E-state index in [1.54, 1.807) is 24.3 Å². The molecule has 0 bridgehead atoms. The van der Waals surface area contributed by atoms with Crippen molar-refractivity contribution in [2.24, 2.45) is 0 Å². The predicted molar refractivity (Wildman–Crippen MR) is 107 cm³/mol. The molecular formula is C21H20ClNO4. The van der Waals surface area contributed by atoms with Gasteiger partial charge in [-0.3, -0.25) is 4.79 Å². The van der Waals surface area contributed by atoms with Gasteiger partial charge in [-0.05, 0) is 48.7 Å². The second kappa shape index (κ2) is 8.27. The van der Waals surface area contributed by atoms with E-state index in [-0.39, 0.29) is 12.5 Å². The van der Waals surface area contributed by atoms with Gasteiger partial charge in [-0.15, -0.1) is 0 Å². The summed E-state index contributed by atoms with van der Waals surface area (Å²) in [4.78, 5) is 23.8. The molecule has 1 heterocycles. The van der Waals surface area contributed by atoms with Crippen LogP contribution in [0.3, 0.4) is 0 Å². The van der Waals surface area contributed by atoms with Gasteiger partial charge in [0, 0.05) is 17.5 Å². The maximum atomic E-state index is 12.1. The first-order valence-electron chi connectivity index (χ1n) is 8.72. The Morgan fingerprint density at radius 3 is 2.74 bits per heavy atom. The minimum absolute atomic E-state index is 0.186. The molecule has 3 rings (SSSR count). The van der Waals surface area contributed by atoms with Gasteiger partial charge in [-0.1, -0.05) is 31.0 Å². The van der Waals surface area contributed by atoms with Crippen molar-refractivity contribution in [3.05, 3.63) is 69.0 Å². The van der Waals surface area contributed by atoms with Crippen LogP contribution in [0.25, 0.3) is 11.0 Å². The lowest BCUT2D eigenvalue weighted by molar-refractivity contribution is -0.118. The molecule has 1 amide bonds. The monoisotopic (exact) mass is 385 g/mol. The number of anilines is 1. The van der Waals surface area contributed by atoms with E-state index >= 15 is 0 Å². The number of rotatable bonds is 6. The molecule has 1 N–H and O–H groups in total. The Balaban J connectivity index is 1.71. The zero-order chi connectivity index (χ0) is 19.4. The van der Waals surface area contributed by atoms with Crippen molar-refractivity contribution in [2.75, 3.05) is 11.9 Å². The van der Waals surface area contributed by atoms with Crippen LogP contribution in [0.2, 0.25) is 5.02 Å². The van der Waals surface area contributed by atoms with Gasteiger partial charge in [-0.2, -0.15) is 0 Å². The van der Waals surface area contributed by atoms with E-state index in [0.29, 0.717) is 22.0 Å². The summed E-state index contributed by atoms with van der Waals surface area (Å²) in [5.74, 6) is 0.117. The summed E-state index contributed by atoms with van der Waals surface area (Å²) < 4.78 is 10.8. The Bertz CT molecular complexity index is 1040. The molecular weight excluding hydrogens is 366 g/mol. The van der Waals surface area contributed by atoms with Crippen LogP contribution in [0, 0.1) is 6.92 Å². The van der Waals surface area contributed by atoms with Crippen molar-refractivity contribution in [1.29, 1.82) is 0 Å². The molecule has 0 aliphatic heterocycles. The van der Waals surface area contributed by atoms with Crippen molar-refractivity contribution in [3.63, 3.8) is 0 Å². The number of fused-ring (bicyclic) bond motifs is 1. The number of carbonyl (C=O) groups excluding carboxylic acids is 1. The second-order valence-corrected chi connectivity index (χ2v) is 6.73. The fraction of sp³-hybridized carbons (Fsp3) is 0.238. The van der Waals surface area contributed by atoms with Gasteiger partial charge in [0.25, 0.3) is 5.91 Å². The highest BCUT2D eigenvalue weighted by Gasteiger charge is 2.10. The van der Waals surface area contributed by atoms with Crippen molar-refractivity contribution in [2.45, 2.75) is 26.7 Å². The van der Waals surface area contributed by atoms with E-state index in [1.807, 2.05) is 19.1 Å². The SMILES string of the molecule is CCCc1cc(=O)oc2cc(OCC(=O)Nc3ccc(C)cc3Cl)ccc12. The van der Waals surface area contributed by atoms with Gasteiger partial charge in [0.05, 0.1) is 10.7 Å². The number of halogens is 1. The van der Waals surface area contributed by atoms with Crippen LogP contribution in [-0.2, 0) is 11.2 Å². The molecule has 0 aliphatic rings. The molecule has 27 heavy (non-hydrogen) atoms.